The Morgan fingerprint density at radius 3 is 2.68 bits per heavy atom. The van der Waals surface area contributed by atoms with Gasteiger partial charge in [0.15, 0.2) is 6.29 Å². The number of aliphatic hydroxyl groups is 2. The first-order valence-corrected chi connectivity index (χ1v) is 6.34. The van der Waals surface area contributed by atoms with Crippen molar-refractivity contribution in [1.29, 1.82) is 0 Å². The molecule has 0 unspecified atom stereocenters. The van der Waals surface area contributed by atoms with Gasteiger partial charge in [-0.25, -0.2) is 0 Å². The van der Waals surface area contributed by atoms with Crippen molar-refractivity contribution in [3.8, 4) is 0 Å². The van der Waals surface area contributed by atoms with Crippen molar-refractivity contribution in [3.05, 3.63) is 35.9 Å². The minimum Gasteiger partial charge on any atom is -0.461 e. The summed E-state index contributed by atoms with van der Waals surface area (Å²) >= 11 is 0. The van der Waals surface area contributed by atoms with Crippen molar-refractivity contribution in [2.45, 2.75) is 44.4 Å². The minimum absolute atomic E-state index is 0.0426. The first-order valence-electron chi connectivity index (χ1n) is 6.34. The molecule has 5 nitrogen and oxygen atoms in total. The molecular weight excluding hydrogens is 248 g/mol. The summed E-state index contributed by atoms with van der Waals surface area (Å²) in [6.07, 6.45) is -1.54. The van der Waals surface area contributed by atoms with Crippen molar-refractivity contribution >= 4 is 5.97 Å². The van der Waals surface area contributed by atoms with E-state index < -0.39 is 24.5 Å². The molecule has 3 atom stereocenters. The summed E-state index contributed by atoms with van der Waals surface area (Å²) in [5.74, 6) is -0.393. The van der Waals surface area contributed by atoms with Crippen molar-refractivity contribution in [3.63, 3.8) is 0 Å². The minimum atomic E-state index is -1.00. The van der Waals surface area contributed by atoms with Gasteiger partial charge in [-0.05, 0) is 5.56 Å². The first kappa shape index (κ1) is 14.0. The SMILES string of the molecule is O=C(C[C@@H]1C[C@H](O)C[C@H](O)O1)OCc1ccccc1. The highest BCUT2D eigenvalue weighted by molar-refractivity contribution is 5.70. The summed E-state index contributed by atoms with van der Waals surface area (Å²) in [7, 11) is 0. The maximum atomic E-state index is 11.6. The largest absolute Gasteiger partial charge is 0.461 e. The molecule has 0 aliphatic carbocycles. The van der Waals surface area contributed by atoms with Crippen molar-refractivity contribution in [2.75, 3.05) is 0 Å². The number of carbonyl (C=O) groups excluding carboxylic acids is 1. The van der Waals surface area contributed by atoms with Crippen LogP contribution in [0.4, 0.5) is 0 Å². The Morgan fingerprint density at radius 1 is 1.26 bits per heavy atom. The Kier molecular flexibility index (Phi) is 4.90. The molecule has 5 heteroatoms. The monoisotopic (exact) mass is 266 g/mol. The van der Waals surface area contributed by atoms with E-state index >= 15 is 0 Å². The molecule has 0 spiro atoms. The fraction of sp³-hybridized carbons (Fsp3) is 0.500. The summed E-state index contributed by atoms with van der Waals surface area (Å²) < 4.78 is 10.3. The number of ether oxygens (including phenoxy) is 2. The lowest BCUT2D eigenvalue weighted by Crippen LogP contribution is -2.36. The van der Waals surface area contributed by atoms with Crippen LogP contribution in [0.5, 0.6) is 0 Å². The van der Waals surface area contributed by atoms with Crippen molar-refractivity contribution in [2.24, 2.45) is 0 Å². The van der Waals surface area contributed by atoms with Crippen molar-refractivity contribution in [1.82, 2.24) is 0 Å². The van der Waals surface area contributed by atoms with E-state index in [2.05, 4.69) is 0 Å². The fourth-order valence-electron chi connectivity index (χ4n) is 2.08. The molecule has 0 aromatic heterocycles. The van der Waals surface area contributed by atoms with Crippen LogP contribution in [-0.2, 0) is 20.9 Å². The van der Waals surface area contributed by atoms with E-state index in [0.29, 0.717) is 6.42 Å². The molecule has 1 saturated heterocycles. The van der Waals surface area contributed by atoms with Gasteiger partial charge < -0.3 is 19.7 Å². The number of aliphatic hydroxyl groups excluding tert-OH is 2. The quantitative estimate of drug-likeness (QED) is 0.794. The van der Waals surface area contributed by atoms with Gasteiger partial charge in [0, 0.05) is 12.8 Å². The summed E-state index contributed by atoms with van der Waals surface area (Å²) in [5, 5.41) is 18.8. The van der Waals surface area contributed by atoms with Crippen LogP contribution < -0.4 is 0 Å². The highest BCUT2D eigenvalue weighted by Gasteiger charge is 2.28. The molecule has 0 saturated carbocycles. The maximum Gasteiger partial charge on any atom is 0.308 e. The predicted octanol–water partition coefficient (Wildman–Crippen LogP) is 0.978. The average Bonchev–Trinajstić information content (AvgIpc) is 2.36. The number of esters is 1. The molecule has 1 heterocycles. The molecule has 1 fully saturated rings. The standard InChI is InChI=1S/C14H18O5/c15-11-6-12(19-14(17)7-11)8-13(16)18-9-10-4-2-1-3-5-10/h1-5,11-12,14-15,17H,6-9H2/t11-,12-,14+/m0/s1. The van der Waals surface area contributed by atoms with Crippen LogP contribution in [0.2, 0.25) is 0 Å². The molecule has 1 aromatic carbocycles. The van der Waals surface area contributed by atoms with Gasteiger partial charge in [-0.1, -0.05) is 30.3 Å². The average molecular weight is 266 g/mol. The molecule has 104 valence electrons. The summed E-state index contributed by atoms with van der Waals surface area (Å²) in [6.45, 7) is 0.220. The Hall–Kier alpha value is -1.43. The van der Waals surface area contributed by atoms with Crippen LogP contribution >= 0.6 is 0 Å². The molecule has 19 heavy (non-hydrogen) atoms. The second-order valence-electron chi connectivity index (χ2n) is 4.69. The maximum absolute atomic E-state index is 11.6. The van der Waals surface area contributed by atoms with E-state index in [-0.39, 0.29) is 19.4 Å². The van der Waals surface area contributed by atoms with Crippen LogP contribution in [0.1, 0.15) is 24.8 Å². The Bertz CT molecular complexity index is 396. The number of carbonyl (C=O) groups is 1. The van der Waals surface area contributed by atoms with Crippen LogP contribution in [0.3, 0.4) is 0 Å². The van der Waals surface area contributed by atoms with Crippen LogP contribution in [-0.4, -0.2) is 34.7 Å². The summed E-state index contributed by atoms with van der Waals surface area (Å²) in [4.78, 5) is 11.6. The zero-order chi connectivity index (χ0) is 13.7. The van der Waals surface area contributed by atoms with Gasteiger partial charge >= 0.3 is 5.97 Å². The van der Waals surface area contributed by atoms with Crippen LogP contribution in [0.25, 0.3) is 0 Å². The normalized spacial score (nSPS) is 26.9. The first-order chi connectivity index (χ1) is 9.13. The Morgan fingerprint density at radius 2 is 2.00 bits per heavy atom. The highest BCUT2D eigenvalue weighted by atomic mass is 16.6. The molecule has 0 amide bonds. The molecule has 2 N–H and O–H groups in total. The highest BCUT2D eigenvalue weighted by Crippen LogP contribution is 2.20. The molecule has 0 bridgehead atoms. The van der Waals surface area contributed by atoms with E-state index in [4.69, 9.17) is 9.47 Å². The molecular formula is C14H18O5. The van der Waals surface area contributed by atoms with E-state index in [1.807, 2.05) is 30.3 Å². The summed E-state index contributed by atoms with van der Waals surface area (Å²) in [5.41, 5.74) is 0.917. The zero-order valence-corrected chi connectivity index (χ0v) is 10.6. The lowest BCUT2D eigenvalue weighted by molar-refractivity contribution is -0.194. The third-order valence-corrected chi connectivity index (χ3v) is 3.00. The molecule has 1 aliphatic rings. The van der Waals surface area contributed by atoms with Gasteiger partial charge in [-0.15, -0.1) is 0 Å². The van der Waals surface area contributed by atoms with Gasteiger partial charge in [0.2, 0.25) is 0 Å². The van der Waals surface area contributed by atoms with Gasteiger partial charge in [-0.2, -0.15) is 0 Å². The second kappa shape index (κ2) is 6.65. The van der Waals surface area contributed by atoms with Gasteiger partial charge in [0.25, 0.3) is 0 Å². The molecule has 2 rings (SSSR count). The molecule has 1 aromatic rings. The van der Waals surface area contributed by atoms with E-state index in [1.165, 1.54) is 0 Å². The number of hydrogen-bond acceptors (Lipinski definition) is 5. The van der Waals surface area contributed by atoms with Gasteiger partial charge in [0.1, 0.15) is 6.61 Å². The van der Waals surface area contributed by atoms with E-state index in [1.54, 1.807) is 0 Å². The molecule has 1 aliphatic heterocycles. The zero-order valence-electron chi connectivity index (χ0n) is 10.6. The second-order valence-corrected chi connectivity index (χ2v) is 4.69. The van der Waals surface area contributed by atoms with Gasteiger partial charge in [-0.3, -0.25) is 4.79 Å². The third-order valence-electron chi connectivity index (χ3n) is 3.00. The van der Waals surface area contributed by atoms with E-state index in [0.717, 1.165) is 5.56 Å². The lowest BCUT2D eigenvalue weighted by Gasteiger charge is -2.29. The Labute approximate surface area is 111 Å². The topological polar surface area (TPSA) is 76.0 Å². The number of benzene rings is 1. The number of hydrogen-bond donors (Lipinski definition) is 2. The third kappa shape index (κ3) is 4.63. The lowest BCUT2D eigenvalue weighted by atomic mass is 10.0. The van der Waals surface area contributed by atoms with Crippen molar-refractivity contribution < 1.29 is 24.5 Å². The smallest absolute Gasteiger partial charge is 0.308 e. The van der Waals surface area contributed by atoms with Crippen LogP contribution in [0.15, 0.2) is 30.3 Å². The number of rotatable bonds is 4. The molecule has 0 radical (unpaired) electrons. The predicted molar refractivity (Wildman–Crippen MR) is 67.0 cm³/mol. The Balaban J connectivity index is 1.75. The fourth-order valence-corrected chi connectivity index (χ4v) is 2.08. The van der Waals surface area contributed by atoms with Gasteiger partial charge in [0.05, 0.1) is 18.6 Å². The van der Waals surface area contributed by atoms with Crippen LogP contribution in [0, 0.1) is 0 Å². The van der Waals surface area contributed by atoms with E-state index in [9.17, 15) is 15.0 Å². The summed E-state index contributed by atoms with van der Waals surface area (Å²) in [6, 6.07) is 9.39.